The first-order valence-corrected chi connectivity index (χ1v) is 4.88. The maximum absolute atomic E-state index is 4.57. The number of nitrogens with zero attached hydrogens (tertiary/aromatic N) is 2. The molecule has 14 heavy (non-hydrogen) atoms. The third-order valence-corrected chi connectivity index (χ3v) is 2.45. The molecule has 0 spiro atoms. The van der Waals surface area contributed by atoms with Gasteiger partial charge in [-0.25, -0.2) is 4.98 Å². The molecule has 0 bridgehead atoms. The Labute approximate surface area is 84.2 Å². The molecule has 0 saturated carbocycles. The minimum atomic E-state index is 0.978. The summed E-state index contributed by atoms with van der Waals surface area (Å²) in [7, 11) is 2.05. The summed E-state index contributed by atoms with van der Waals surface area (Å²) < 4.78 is 0. The number of rotatable bonds is 2. The second-order valence-corrected chi connectivity index (χ2v) is 3.38. The molecule has 1 aromatic carbocycles. The number of hydrogen-bond donors (Lipinski definition) is 0. The quantitative estimate of drug-likeness (QED) is 0.716. The molecule has 0 aliphatic heterocycles. The van der Waals surface area contributed by atoms with Crippen molar-refractivity contribution in [2.24, 2.45) is 0 Å². The number of aromatic nitrogens is 1. The summed E-state index contributed by atoms with van der Waals surface area (Å²) in [6, 6.07) is 12.4. The normalized spacial score (nSPS) is 10.4. The van der Waals surface area contributed by atoms with Gasteiger partial charge in [0.25, 0.3) is 0 Å². The number of hydrogen-bond acceptors (Lipinski definition) is 2. The molecule has 0 aliphatic carbocycles. The summed E-state index contributed by atoms with van der Waals surface area (Å²) in [6.45, 7) is 3.10. The Hall–Kier alpha value is -1.57. The molecule has 0 aliphatic rings. The second-order valence-electron chi connectivity index (χ2n) is 3.38. The standard InChI is InChI=1S/C12H14N2/c1-3-14(2)12-9-8-10-6-4-5-7-11(10)13-12/h4-9H,3H2,1-2H3. The van der Waals surface area contributed by atoms with Gasteiger partial charge in [-0.3, -0.25) is 0 Å². The van der Waals surface area contributed by atoms with Gasteiger partial charge < -0.3 is 4.90 Å². The lowest BCUT2D eigenvalue weighted by atomic mass is 10.2. The summed E-state index contributed by atoms with van der Waals surface area (Å²) in [6.07, 6.45) is 0. The van der Waals surface area contributed by atoms with E-state index >= 15 is 0 Å². The van der Waals surface area contributed by atoms with Crippen LogP contribution in [0.3, 0.4) is 0 Å². The smallest absolute Gasteiger partial charge is 0.128 e. The van der Waals surface area contributed by atoms with Gasteiger partial charge in [-0.05, 0) is 25.1 Å². The maximum atomic E-state index is 4.57. The van der Waals surface area contributed by atoms with Crippen molar-refractivity contribution in [2.45, 2.75) is 6.92 Å². The van der Waals surface area contributed by atoms with E-state index in [1.165, 1.54) is 5.39 Å². The average Bonchev–Trinajstić information content (AvgIpc) is 2.27. The summed E-state index contributed by atoms with van der Waals surface area (Å²) in [5.41, 5.74) is 1.06. The zero-order valence-corrected chi connectivity index (χ0v) is 8.57. The van der Waals surface area contributed by atoms with E-state index in [4.69, 9.17) is 0 Å². The van der Waals surface area contributed by atoms with Crippen molar-refractivity contribution in [3.8, 4) is 0 Å². The Balaban J connectivity index is 2.51. The van der Waals surface area contributed by atoms with Gasteiger partial charge in [0.15, 0.2) is 0 Å². The number of anilines is 1. The first kappa shape index (κ1) is 9.00. The Kier molecular flexibility index (Phi) is 2.35. The lowest BCUT2D eigenvalue weighted by Crippen LogP contribution is -2.16. The zero-order chi connectivity index (χ0) is 9.97. The molecule has 0 fully saturated rings. The molecule has 0 amide bonds. The molecule has 0 N–H and O–H groups in total. The molecule has 1 aromatic heterocycles. The van der Waals surface area contributed by atoms with Crippen molar-refractivity contribution in [1.82, 2.24) is 4.98 Å². The third-order valence-electron chi connectivity index (χ3n) is 2.45. The molecule has 2 nitrogen and oxygen atoms in total. The van der Waals surface area contributed by atoms with Crippen LogP contribution in [0.25, 0.3) is 10.9 Å². The first-order valence-electron chi connectivity index (χ1n) is 4.88. The van der Waals surface area contributed by atoms with E-state index < -0.39 is 0 Å². The van der Waals surface area contributed by atoms with Crippen LogP contribution in [0.15, 0.2) is 36.4 Å². The van der Waals surface area contributed by atoms with Crippen molar-refractivity contribution in [3.63, 3.8) is 0 Å². The van der Waals surface area contributed by atoms with E-state index in [9.17, 15) is 0 Å². The Morgan fingerprint density at radius 1 is 1.14 bits per heavy atom. The SMILES string of the molecule is CCN(C)c1ccc2ccccc2n1. The Bertz CT molecular complexity index is 437. The highest BCUT2D eigenvalue weighted by Gasteiger charge is 2.00. The van der Waals surface area contributed by atoms with Gasteiger partial charge in [0.05, 0.1) is 5.52 Å². The summed E-state index contributed by atoms with van der Waals surface area (Å²) >= 11 is 0. The monoisotopic (exact) mass is 186 g/mol. The Morgan fingerprint density at radius 2 is 1.93 bits per heavy atom. The number of para-hydroxylation sites is 1. The predicted molar refractivity (Wildman–Crippen MR) is 60.7 cm³/mol. The van der Waals surface area contributed by atoms with E-state index in [2.05, 4.69) is 42.1 Å². The van der Waals surface area contributed by atoms with Gasteiger partial charge in [-0.15, -0.1) is 0 Å². The van der Waals surface area contributed by atoms with Crippen LogP contribution >= 0.6 is 0 Å². The van der Waals surface area contributed by atoms with Crippen LogP contribution in [0.5, 0.6) is 0 Å². The fourth-order valence-electron chi connectivity index (χ4n) is 1.43. The molecule has 0 atom stereocenters. The molecule has 0 unspecified atom stereocenters. The van der Waals surface area contributed by atoms with Gasteiger partial charge >= 0.3 is 0 Å². The van der Waals surface area contributed by atoms with Crippen molar-refractivity contribution >= 4 is 16.7 Å². The average molecular weight is 186 g/mol. The Morgan fingerprint density at radius 3 is 2.71 bits per heavy atom. The highest BCUT2D eigenvalue weighted by Crippen LogP contribution is 2.16. The highest BCUT2D eigenvalue weighted by molar-refractivity contribution is 5.80. The van der Waals surface area contributed by atoms with E-state index in [0.717, 1.165) is 17.9 Å². The van der Waals surface area contributed by atoms with Crippen LogP contribution in [-0.4, -0.2) is 18.6 Å². The molecule has 2 heteroatoms. The minimum absolute atomic E-state index is 0.978. The minimum Gasteiger partial charge on any atom is -0.360 e. The van der Waals surface area contributed by atoms with Crippen LogP contribution in [0, 0.1) is 0 Å². The lowest BCUT2D eigenvalue weighted by molar-refractivity contribution is 0.944. The third kappa shape index (κ3) is 1.55. The molecule has 1 heterocycles. The molecule has 2 rings (SSSR count). The van der Waals surface area contributed by atoms with Crippen LogP contribution in [0.2, 0.25) is 0 Å². The maximum Gasteiger partial charge on any atom is 0.128 e. The zero-order valence-electron chi connectivity index (χ0n) is 8.57. The summed E-state index contributed by atoms with van der Waals surface area (Å²) in [5.74, 6) is 1.03. The number of fused-ring (bicyclic) bond motifs is 1. The van der Waals surface area contributed by atoms with Gasteiger partial charge in [0.1, 0.15) is 5.82 Å². The fourth-order valence-corrected chi connectivity index (χ4v) is 1.43. The molecular weight excluding hydrogens is 172 g/mol. The largest absolute Gasteiger partial charge is 0.360 e. The van der Waals surface area contributed by atoms with Gasteiger partial charge in [0.2, 0.25) is 0 Å². The number of benzene rings is 1. The highest BCUT2D eigenvalue weighted by atomic mass is 15.1. The van der Waals surface area contributed by atoms with Crippen molar-refractivity contribution in [1.29, 1.82) is 0 Å². The van der Waals surface area contributed by atoms with E-state index in [-0.39, 0.29) is 0 Å². The van der Waals surface area contributed by atoms with Crippen molar-refractivity contribution in [3.05, 3.63) is 36.4 Å². The van der Waals surface area contributed by atoms with Crippen LogP contribution in [-0.2, 0) is 0 Å². The van der Waals surface area contributed by atoms with Crippen molar-refractivity contribution < 1.29 is 0 Å². The summed E-state index contributed by atoms with van der Waals surface area (Å²) in [4.78, 5) is 6.70. The van der Waals surface area contributed by atoms with Crippen molar-refractivity contribution in [2.75, 3.05) is 18.5 Å². The first-order chi connectivity index (χ1) is 6.81. The molecule has 0 radical (unpaired) electrons. The van der Waals surface area contributed by atoms with Gasteiger partial charge in [-0.2, -0.15) is 0 Å². The molecular formula is C12H14N2. The van der Waals surface area contributed by atoms with E-state index in [0.29, 0.717) is 0 Å². The van der Waals surface area contributed by atoms with Gasteiger partial charge in [0, 0.05) is 19.0 Å². The van der Waals surface area contributed by atoms with Crippen LogP contribution in [0.4, 0.5) is 5.82 Å². The van der Waals surface area contributed by atoms with Crippen LogP contribution in [0.1, 0.15) is 6.92 Å². The van der Waals surface area contributed by atoms with Crippen LogP contribution < -0.4 is 4.90 Å². The van der Waals surface area contributed by atoms with E-state index in [1.54, 1.807) is 0 Å². The van der Waals surface area contributed by atoms with Gasteiger partial charge in [-0.1, -0.05) is 18.2 Å². The molecule has 72 valence electrons. The fraction of sp³-hybridized carbons (Fsp3) is 0.250. The number of pyridine rings is 1. The molecule has 2 aromatic rings. The molecule has 0 saturated heterocycles. The van der Waals surface area contributed by atoms with E-state index in [1.807, 2.05) is 18.2 Å². The predicted octanol–water partition coefficient (Wildman–Crippen LogP) is 2.69. The lowest BCUT2D eigenvalue weighted by Gasteiger charge is -2.15. The summed E-state index contributed by atoms with van der Waals surface area (Å²) in [5, 5.41) is 1.20. The second kappa shape index (κ2) is 3.66. The topological polar surface area (TPSA) is 16.1 Å².